The van der Waals surface area contributed by atoms with Crippen molar-refractivity contribution in [2.75, 3.05) is 32.7 Å². The van der Waals surface area contributed by atoms with E-state index in [0.717, 1.165) is 49.9 Å². The summed E-state index contributed by atoms with van der Waals surface area (Å²) in [5.41, 5.74) is -0.203. The number of piperazine rings is 1. The molecule has 7 heteroatoms. The molecule has 1 saturated heterocycles. The van der Waals surface area contributed by atoms with Gasteiger partial charge in [0.1, 0.15) is 0 Å². The quantitative estimate of drug-likeness (QED) is 0.719. The van der Waals surface area contributed by atoms with Crippen molar-refractivity contribution in [1.29, 1.82) is 0 Å². The van der Waals surface area contributed by atoms with Crippen LogP contribution in [0.25, 0.3) is 0 Å². The van der Waals surface area contributed by atoms with E-state index in [9.17, 15) is 14.4 Å². The van der Waals surface area contributed by atoms with Gasteiger partial charge in [-0.15, -0.1) is 0 Å². The summed E-state index contributed by atoms with van der Waals surface area (Å²) in [4.78, 5) is 41.9. The lowest BCUT2D eigenvalue weighted by atomic mass is 9.49. The molecule has 2 N–H and O–H groups in total. The first kappa shape index (κ1) is 21.1. The average Bonchev–Trinajstić information content (AvgIpc) is 2.77. The molecule has 31 heavy (non-hydrogen) atoms. The van der Waals surface area contributed by atoms with E-state index in [1.807, 2.05) is 4.90 Å². The molecule has 0 spiro atoms. The van der Waals surface area contributed by atoms with Crippen molar-refractivity contribution in [2.24, 2.45) is 23.2 Å². The molecule has 6 rings (SSSR count). The van der Waals surface area contributed by atoms with Gasteiger partial charge in [-0.1, -0.05) is 19.3 Å². The van der Waals surface area contributed by atoms with Gasteiger partial charge >= 0.3 is 6.03 Å². The number of amides is 4. The van der Waals surface area contributed by atoms with Crippen LogP contribution in [-0.2, 0) is 9.59 Å². The zero-order chi connectivity index (χ0) is 21.4. The Morgan fingerprint density at radius 1 is 0.774 bits per heavy atom. The SMILES string of the molecule is O=C(CNC(=O)C12CC3CC(CC(C3)C1)C2)N1CCN(C(=O)NC2CCCCC2)CC1. The number of urea groups is 1. The van der Waals surface area contributed by atoms with Crippen LogP contribution in [0.15, 0.2) is 0 Å². The predicted octanol–water partition coefficient (Wildman–Crippen LogP) is 2.51. The van der Waals surface area contributed by atoms with Gasteiger partial charge in [-0.25, -0.2) is 4.79 Å². The Labute approximate surface area is 185 Å². The van der Waals surface area contributed by atoms with Gasteiger partial charge < -0.3 is 20.4 Å². The Balaban J connectivity index is 1.06. The average molecular weight is 431 g/mol. The Bertz CT molecular complexity index is 674. The molecule has 4 bridgehead atoms. The van der Waals surface area contributed by atoms with Crippen LogP contribution in [0.3, 0.4) is 0 Å². The first-order chi connectivity index (χ1) is 15.0. The monoisotopic (exact) mass is 430 g/mol. The number of rotatable bonds is 4. The topological polar surface area (TPSA) is 81.8 Å². The fraction of sp³-hybridized carbons (Fsp3) is 0.875. The van der Waals surface area contributed by atoms with E-state index < -0.39 is 0 Å². The molecule has 0 atom stereocenters. The van der Waals surface area contributed by atoms with Gasteiger partial charge in [-0.3, -0.25) is 9.59 Å². The third-order valence-electron chi connectivity index (χ3n) is 8.77. The Hall–Kier alpha value is -1.79. The molecule has 0 aromatic heterocycles. The number of nitrogens with zero attached hydrogens (tertiary/aromatic N) is 2. The molecule has 0 aromatic carbocycles. The molecule has 0 aromatic rings. The fourth-order valence-electron chi connectivity index (χ4n) is 7.52. The molecule has 6 fully saturated rings. The number of hydrogen-bond donors (Lipinski definition) is 2. The zero-order valence-corrected chi connectivity index (χ0v) is 18.7. The number of carbonyl (C=O) groups is 3. The molecule has 5 aliphatic carbocycles. The van der Waals surface area contributed by atoms with Gasteiger partial charge in [0.05, 0.1) is 6.54 Å². The van der Waals surface area contributed by atoms with Crippen molar-refractivity contribution >= 4 is 17.8 Å². The first-order valence-electron chi connectivity index (χ1n) is 12.6. The Morgan fingerprint density at radius 2 is 1.32 bits per heavy atom. The third kappa shape index (κ3) is 4.42. The van der Waals surface area contributed by atoms with Gasteiger partial charge in [-0.2, -0.15) is 0 Å². The summed E-state index contributed by atoms with van der Waals surface area (Å²) in [6.45, 7) is 2.31. The van der Waals surface area contributed by atoms with Crippen LogP contribution >= 0.6 is 0 Å². The summed E-state index contributed by atoms with van der Waals surface area (Å²) in [6.07, 6.45) is 12.8. The predicted molar refractivity (Wildman–Crippen MR) is 117 cm³/mol. The third-order valence-corrected chi connectivity index (χ3v) is 8.77. The molecular weight excluding hydrogens is 392 g/mol. The molecule has 0 unspecified atom stereocenters. The van der Waals surface area contributed by atoms with E-state index in [-0.39, 0.29) is 29.8 Å². The van der Waals surface area contributed by atoms with Crippen LogP contribution in [0, 0.1) is 23.2 Å². The summed E-state index contributed by atoms with van der Waals surface area (Å²) in [5, 5.41) is 6.16. The lowest BCUT2D eigenvalue weighted by Crippen LogP contribution is -2.57. The molecular formula is C24H38N4O3. The number of carbonyl (C=O) groups excluding carboxylic acids is 3. The highest BCUT2D eigenvalue weighted by Crippen LogP contribution is 2.60. The summed E-state index contributed by atoms with van der Waals surface area (Å²) in [5.74, 6) is 2.26. The van der Waals surface area contributed by atoms with Crippen LogP contribution in [0.1, 0.15) is 70.6 Å². The summed E-state index contributed by atoms with van der Waals surface area (Å²) in [6, 6.07) is 0.315. The van der Waals surface area contributed by atoms with Crippen molar-refractivity contribution in [3.63, 3.8) is 0 Å². The van der Waals surface area contributed by atoms with E-state index >= 15 is 0 Å². The molecule has 6 aliphatic rings. The first-order valence-corrected chi connectivity index (χ1v) is 12.6. The molecule has 5 saturated carbocycles. The highest BCUT2D eigenvalue weighted by molar-refractivity contribution is 5.88. The minimum atomic E-state index is -0.203. The lowest BCUT2D eigenvalue weighted by molar-refractivity contribution is -0.148. The highest BCUT2D eigenvalue weighted by Gasteiger charge is 2.54. The van der Waals surface area contributed by atoms with Crippen LogP contribution in [0.5, 0.6) is 0 Å². The fourth-order valence-corrected chi connectivity index (χ4v) is 7.52. The summed E-state index contributed by atoms with van der Waals surface area (Å²) < 4.78 is 0. The van der Waals surface area contributed by atoms with Gasteiger partial charge in [0.2, 0.25) is 11.8 Å². The molecule has 172 valence electrons. The number of nitrogens with one attached hydrogen (secondary N) is 2. The summed E-state index contributed by atoms with van der Waals surface area (Å²) in [7, 11) is 0. The smallest absolute Gasteiger partial charge is 0.317 e. The van der Waals surface area contributed by atoms with Crippen LogP contribution in [0.4, 0.5) is 4.79 Å². The van der Waals surface area contributed by atoms with Gasteiger partial charge in [0.15, 0.2) is 0 Å². The lowest BCUT2D eigenvalue weighted by Gasteiger charge is -2.55. The minimum Gasteiger partial charge on any atom is -0.347 e. The number of hydrogen-bond acceptors (Lipinski definition) is 3. The van der Waals surface area contributed by atoms with Crippen molar-refractivity contribution in [3.05, 3.63) is 0 Å². The van der Waals surface area contributed by atoms with Crippen molar-refractivity contribution < 1.29 is 14.4 Å². The van der Waals surface area contributed by atoms with E-state index in [1.54, 1.807) is 4.90 Å². The zero-order valence-electron chi connectivity index (χ0n) is 18.7. The second kappa shape index (κ2) is 8.62. The highest BCUT2D eigenvalue weighted by atomic mass is 16.2. The van der Waals surface area contributed by atoms with Crippen molar-refractivity contribution in [3.8, 4) is 0 Å². The maximum atomic E-state index is 13.1. The Kier molecular flexibility index (Phi) is 5.86. The second-order valence-electron chi connectivity index (χ2n) is 11.0. The second-order valence-corrected chi connectivity index (χ2v) is 11.0. The maximum absolute atomic E-state index is 13.1. The van der Waals surface area contributed by atoms with Crippen LogP contribution in [-0.4, -0.2) is 66.4 Å². The van der Waals surface area contributed by atoms with E-state index in [2.05, 4.69) is 10.6 Å². The minimum absolute atomic E-state index is 0.00844. The van der Waals surface area contributed by atoms with Crippen molar-refractivity contribution in [1.82, 2.24) is 20.4 Å². The maximum Gasteiger partial charge on any atom is 0.317 e. The van der Waals surface area contributed by atoms with Crippen molar-refractivity contribution in [2.45, 2.75) is 76.7 Å². The van der Waals surface area contributed by atoms with Gasteiger partial charge in [0.25, 0.3) is 0 Å². The molecule has 0 radical (unpaired) electrons. The largest absolute Gasteiger partial charge is 0.347 e. The van der Waals surface area contributed by atoms with Gasteiger partial charge in [-0.05, 0) is 69.1 Å². The van der Waals surface area contributed by atoms with Crippen LogP contribution < -0.4 is 10.6 Å². The van der Waals surface area contributed by atoms with E-state index in [4.69, 9.17) is 0 Å². The summed E-state index contributed by atoms with van der Waals surface area (Å²) >= 11 is 0. The molecule has 4 amide bonds. The molecule has 7 nitrogen and oxygen atoms in total. The normalized spacial score (nSPS) is 35.2. The molecule has 1 aliphatic heterocycles. The molecule has 1 heterocycles. The van der Waals surface area contributed by atoms with E-state index in [0.29, 0.717) is 32.2 Å². The van der Waals surface area contributed by atoms with E-state index in [1.165, 1.54) is 38.5 Å². The van der Waals surface area contributed by atoms with Gasteiger partial charge in [0, 0.05) is 37.6 Å². The standard InChI is InChI=1S/C24H38N4O3/c29-21(16-25-22(30)24-13-17-10-18(14-24)12-19(11-17)15-24)27-6-8-28(9-7-27)23(31)26-20-4-2-1-3-5-20/h17-20H,1-16H2,(H,25,30)(H,26,31). The Morgan fingerprint density at radius 3 is 1.90 bits per heavy atom. The van der Waals surface area contributed by atoms with Crippen LogP contribution in [0.2, 0.25) is 0 Å².